The second kappa shape index (κ2) is 7.39. The van der Waals surface area contributed by atoms with E-state index in [1.165, 1.54) is 0 Å². The highest BCUT2D eigenvalue weighted by Gasteiger charge is 2.26. The maximum atomic E-state index is 12.3. The van der Waals surface area contributed by atoms with Crippen molar-refractivity contribution in [1.29, 1.82) is 0 Å². The molecule has 2 atom stereocenters. The number of benzene rings is 1. The largest absolute Gasteiger partial charge is 0.383 e. The number of ether oxygens (including phenoxy) is 1. The van der Waals surface area contributed by atoms with Crippen LogP contribution >= 0.6 is 11.6 Å². The second-order valence-electron chi connectivity index (χ2n) is 4.20. The van der Waals surface area contributed by atoms with E-state index in [1.54, 1.807) is 12.0 Å². The van der Waals surface area contributed by atoms with Gasteiger partial charge in [-0.2, -0.15) is 0 Å². The van der Waals surface area contributed by atoms with Crippen LogP contribution in [-0.4, -0.2) is 37.1 Å². The van der Waals surface area contributed by atoms with E-state index in [4.69, 9.17) is 16.3 Å². The number of likely N-dealkylation sites (N-methyl/N-ethyl adjacent to an activating group) is 1. The predicted molar refractivity (Wildman–Crippen MR) is 73.8 cm³/mol. The molecule has 1 amide bonds. The van der Waals surface area contributed by atoms with Crippen molar-refractivity contribution in [2.24, 2.45) is 0 Å². The van der Waals surface area contributed by atoms with Gasteiger partial charge in [-0.25, -0.2) is 0 Å². The molecule has 0 radical (unpaired) electrons. The van der Waals surface area contributed by atoms with Gasteiger partial charge in [0.15, 0.2) is 0 Å². The van der Waals surface area contributed by atoms with Gasteiger partial charge in [-0.1, -0.05) is 30.3 Å². The molecule has 1 rings (SSSR count). The van der Waals surface area contributed by atoms with Gasteiger partial charge in [-0.05, 0) is 19.4 Å². The molecule has 1 aromatic rings. The molecule has 0 spiro atoms. The molecule has 0 aliphatic rings. The van der Waals surface area contributed by atoms with E-state index in [9.17, 15) is 4.79 Å². The summed E-state index contributed by atoms with van der Waals surface area (Å²) in [6, 6.07) is 9.43. The smallest absolute Gasteiger partial charge is 0.245 e. The zero-order valence-corrected chi connectivity index (χ0v) is 11.9. The number of nitrogens with zero attached hydrogens (tertiary/aromatic N) is 1. The Labute approximate surface area is 114 Å². The molecule has 18 heavy (non-hydrogen) atoms. The van der Waals surface area contributed by atoms with E-state index in [2.05, 4.69) is 0 Å². The van der Waals surface area contributed by atoms with Gasteiger partial charge in [0.25, 0.3) is 0 Å². The lowest BCUT2D eigenvalue weighted by atomic mass is 10.1. The van der Waals surface area contributed by atoms with Crippen molar-refractivity contribution in [2.45, 2.75) is 25.3 Å². The summed E-state index contributed by atoms with van der Waals surface area (Å²) >= 11 is 6.24. The van der Waals surface area contributed by atoms with Gasteiger partial charge in [0.1, 0.15) is 5.38 Å². The first-order valence-electron chi connectivity index (χ1n) is 6.10. The number of hydrogen-bond donors (Lipinski definition) is 0. The standard InChI is InChI=1S/C14H20ClNO2/c1-4-16(11(2)10-18-3)14(17)13(15)12-8-6-5-7-9-12/h5-9,11,13H,4,10H2,1-3H3. The molecule has 0 fully saturated rings. The minimum atomic E-state index is -0.634. The van der Waals surface area contributed by atoms with Crippen molar-refractivity contribution in [2.75, 3.05) is 20.3 Å². The quantitative estimate of drug-likeness (QED) is 0.743. The monoisotopic (exact) mass is 269 g/mol. The van der Waals surface area contributed by atoms with Gasteiger partial charge in [0.05, 0.1) is 12.6 Å². The van der Waals surface area contributed by atoms with Crippen molar-refractivity contribution in [3.63, 3.8) is 0 Å². The van der Waals surface area contributed by atoms with Crippen LogP contribution in [0.1, 0.15) is 24.8 Å². The summed E-state index contributed by atoms with van der Waals surface area (Å²) in [5, 5.41) is -0.634. The maximum Gasteiger partial charge on any atom is 0.245 e. The van der Waals surface area contributed by atoms with E-state index < -0.39 is 5.38 Å². The lowest BCUT2D eigenvalue weighted by Gasteiger charge is -2.29. The maximum absolute atomic E-state index is 12.3. The van der Waals surface area contributed by atoms with Crippen LogP contribution < -0.4 is 0 Å². The molecule has 0 N–H and O–H groups in total. The van der Waals surface area contributed by atoms with Crippen LogP contribution in [0.4, 0.5) is 0 Å². The number of carbonyl (C=O) groups is 1. The SMILES string of the molecule is CCN(C(=O)C(Cl)c1ccccc1)C(C)COC. The molecule has 0 aliphatic heterocycles. The average Bonchev–Trinajstić information content (AvgIpc) is 2.40. The first kappa shape index (κ1) is 15.0. The molecule has 100 valence electrons. The summed E-state index contributed by atoms with van der Waals surface area (Å²) in [4.78, 5) is 14.1. The summed E-state index contributed by atoms with van der Waals surface area (Å²) in [6.45, 7) is 5.04. The second-order valence-corrected chi connectivity index (χ2v) is 4.64. The van der Waals surface area contributed by atoms with Crippen molar-refractivity contribution in [3.8, 4) is 0 Å². The fraction of sp³-hybridized carbons (Fsp3) is 0.500. The third-order valence-electron chi connectivity index (χ3n) is 2.87. The number of rotatable bonds is 6. The van der Waals surface area contributed by atoms with Crippen molar-refractivity contribution >= 4 is 17.5 Å². The van der Waals surface area contributed by atoms with Gasteiger partial charge in [-0.15, -0.1) is 11.6 Å². The molecule has 0 saturated carbocycles. The Balaban J connectivity index is 2.78. The summed E-state index contributed by atoms with van der Waals surface area (Å²) in [7, 11) is 1.63. The molecular formula is C14H20ClNO2. The number of amides is 1. The average molecular weight is 270 g/mol. The summed E-state index contributed by atoms with van der Waals surface area (Å²) in [5.74, 6) is -0.0742. The lowest BCUT2D eigenvalue weighted by Crippen LogP contribution is -2.42. The predicted octanol–water partition coefficient (Wildman–Crippen LogP) is 2.85. The summed E-state index contributed by atoms with van der Waals surface area (Å²) in [5.41, 5.74) is 0.826. The van der Waals surface area contributed by atoms with Gasteiger partial charge in [-0.3, -0.25) is 4.79 Å². The number of alkyl halides is 1. The molecule has 0 bridgehead atoms. The van der Waals surface area contributed by atoms with E-state index in [-0.39, 0.29) is 11.9 Å². The third-order valence-corrected chi connectivity index (χ3v) is 3.31. The molecule has 0 aliphatic carbocycles. The zero-order valence-electron chi connectivity index (χ0n) is 11.1. The Morgan fingerprint density at radius 1 is 1.39 bits per heavy atom. The van der Waals surface area contributed by atoms with E-state index in [1.807, 2.05) is 44.2 Å². The Bertz CT molecular complexity index is 369. The first-order chi connectivity index (χ1) is 8.61. The van der Waals surface area contributed by atoms with Crippen LogP contribution in [0.15, 0.2) is 30.3 Å². The van der Waals surface area contributed by atoms with Crippen LogP contribution in [0, 0.1) is 0 Å². The fourth-order valence-corrected chi connectivity index (χ4v) is 2.20. The number of carbonyl (C=O) groups excluding carboxylic acids is 1. The Morgan fingerprint density at radius 3 is 2.50 bits per heavy atom. The summed E-state index contributed by atoms with van der Waals surface area (Å²) in [6.07, 6.45) is 0. The van der Waals surface area contributed by atoms with Crippen molar-refractivity contribution in [1.82, 2.24) is 4.90 Å². The van der Waals surface area contributed by atoms with Gasteiger partial charge in [0, 0.05) is 13.7 Å². The van der Waals surface area contributed by atoms with Crippen LogP contribution in [0.2, 0.25) is 0 Å². The molecule has 0 heterocycles. The third kappa shape index (κ3) is 3.72. The molecule has 1 aromatic carbocycles. The van der Waals surface area contributed by atoms with Crippen molar-refractivity contribution < 1.29 is 9.53 Å². The molecule has 2 unspecified atom stereocenters. The molecule has 0 saturated heterocycles. The Hall–Kier alpha value is -1.06. The van der Waals surface area contributed by atoms with Gasteiger partial charge in [0.2, 0.25) is 5.91 Å². The van der Waals surface area contributed by atoms with E-state index >= 15 is 0 Å². The fourth-order valence-electron chi connectivity index (χ4n) is 1.93. The van der Waals surface area contributed by atoms with Gasteiger partial charge < -0.3 is 9.64 Å². The Kier molecular flexibility index (Phi) is 6.16. The van der Waals surface area contributed by atoms with Crippen LogP contribution in [-0.2, 0) is 9.53 Å². The van der Waals surface area contributed by atoms with Crippen LogP contribution in [0.25, 0.3) is 0 Å². The van der Waals surface area contributed by atoms with Gasteiger partial charge >= 0.3 is 0 Å². The Morgan fingerprint density at radius 2 is 2.00 bits per heavy atom. The van der Waals surface area contributed by atoms with Crippen LogP contribution in [0.5, 0.6) is 0 Å². The molecular weight excluding hydrogens is 250 g/mol. The summed E-state index contributed by atoms with van der Waals surface area (Å²) < 4.78 is 5.09. The normalized spacial score (nSPS) is 14.0. The lowest BCUT2D eigenvalue weighted by molar-refractivity contribution is -0.133. The molecule has 4 heteroatoms. The highest BCUT2D eigenvalue weighted by molar-refractivity contribution is 6.30. The van der Waals surface area contributed by atoms with E-state index in [0.29, 0.717) is 13.2 Å². The topological polar surface area (TPSA) is 29.5 Å². The molecule has 3 nitrogen and oxygen atoms in total. The van der Waals surface area contributed by atoms with Crippen LogP contribution in [0.3, 0.4) is 0 Å². The number of hydrogen-bond acceptors (Lipinski definition) is 2. The first-order valence-corrected chi connectivity index (χ1v) is 6.53. The number of methoxy groups -OCH3 is 1. The van der Waals surface area contributed by atoms with Crippen molar-refractivity contribution in [3.05, 3.63) is 35.9 Å². The van der Waals surface area contributed by atoms with E-state index in [0.717, 1.165) is 5.56 Å². The zero-order chi connectivity index (χ0) is 13.5. The highest BCUT2D eigenvalue weighted by Crippen LogP contribution is 2.23. The number of halogens is 1. The minimum absolute atomic E-state index is 0.0254. The minimum Gasteiger partial charge on any atom is -0.383 e. The highest BCUT2D eigenvalue weighted by atomic mass is 35.5. The molecule has 0 aromatic heterocycles.